The lowest BCUT2D eigenvalue weighted by molar-refractivity contribution is 0.0600. The van der Waals surface area contributed by atoms with Crippen LogP contribution in [-0.4, -0.2) is 57.5 Å². The third kappa shape index (κ3) is 5.69. The van der Waals surface area contributed by atoms with Crippen molar-refractivity contribution in [1.29, 1.82) is 0 Å². The van der Waals surface area contributed by atoms with Crippen molar-refractivity contribution in [3.8, 4) is 5.75 Å². The van der Waals surface area contributed by atoms with E-state index in [1.165, 1.54) is 7.11 Å². The average molecular weight is 518 g/mol. The Morgan fingerprint density at radius 3 is 2.29 bits per heavy atom. The van der Waals surface area contributed by atoms with Crippen molar-refractivity contribution in [2.24, 2.45) is 7.05 Å². The summed E-state index contributed by atoms with van der Waals surface area (Å²) in [5, 5.41) is 5.61. The van der Waals surface area contributed by atoms with E-state index in [0.717, 1.165) is 46.8 Å². The SMILES string of the molecule is CCOc1cnc(N(Cc2ccc(C(=O)OC)cc2)Cc2cc3c(C)nn(C)c3nc2N(CC)CC)nc1. The molecule has 0 atom stereocenters. The number of esters is 1. The second kappa shape index (κ2) is 11.9. The maximum absolute atomic E-state index is 11.9. The van der Waals surface area contributed by atoms with Crippen LogP contribution >= 0.6 is 0 Å². The number of fused-ring (bicyclic) bond motifs is 1. The summed E-state index contributed by atoms with van der Waals surface area (Å²) in [6, 6.07) is 9.57. The van der Waals surface area contributed by atoms with Gasteiger partial charge < -0.3 is 19.3 Å². The van der Waals surface area contributed by atoms with Crippen LogP contribution in [0.4, 0.5) is 11.8 Å². The van der Waals surface area contributed by atoms with Gasteiger partial charge in [0.15, 0.2) is 11.4 Å². The van der Waals surface area contributed by atoms with E-state index in [4.69, 9.17) is 14.5 Å². The number of aromatic nitrogens is 5. The zero-order valence-electron chi connectivity index (χ0n) is 22.9. The number of carbonyl (C=O) groups excluding carboxylic acids is 1. The van der Waals surface area contributed by atoms with Crippen molar-refractivity contribution < 1.29 is 14.3 Å². The van der Waals surface area contributed by atoms with Gasteiger partial charge in [0, 0.05) is 44.2 Å². The van der Waals surface area contributed by atoms with E-state index in [-0.39, 0.29) is 5.97 Å². The number of anilines is 2. The van der Waals surface area contributed by atoms with E-state index in [1.807, 2.05) is 37.7 Å². The fourth-order valence-corrected chi connectivity index (χ4v) is 4.49. The number of ether oxygens (including phenoxy) is 2. The first kappa shape index (κ1) is 26.8. The topological polar surface area (TPSA) is 98.5 Å². The van der Waals surface area contributed by atoms with E-state index >= 15 is 0 Å². The zero-order chi connectivity index (χ0) is 27.2. The summed E-state index contributed by atoms with van der Waals surface area (Å²) in [5.41, 5.74) is 4.36. The normalized spacial score (nSPS) is 11.0. The van der Waals surface area contributed by atoms with Crippen LogP contribution in [0, 0.1) is 6.92 Å². The van der Waals surface area contributed by atoms with Gasteiger partial charge in [-0.05, 0) is 51.5 Å². The van der Waals surface area contributed by atoms with E-state index in [9.17, 15) is 4.79 Å². The Morgan fingerprint density at radius 2 is 1.68 bits per heavy atom. The number of pyridine rings is 1. The minimum Gasteiger partial charge on any atom is -0.491 e. The Morgan fingerprint density at radius 1 is 1.00 bits per heavy atom. The Hall–Kier alpha value is -4.21. The van der Waals surface area contributed by atoms with Crippen LogP contribution in [0.5, 0.6) is 5.75 Å². The van der Waals surface area contributed by atoms with E-state index in [0.29, 0.717) is 37.0 Å². The number of benzene rings is 1. The molecule has 0 spiro atoms. The highest BCUT2D eigenvalue weighted by molar-refractivity contribution is 5.89. The highest BCUT2D eigenvalue weighted by atomic mass is 16.5. The summed E-state index contributed by atoms with van der Waals surface area (Å²) >= 11 is 0. The Balaban J connectivity index is 1.76. The largest absolute Gasteiger partial charge is 0.491 e. The quantitative estimate of drug-likeness (QED) is 0.270. The van der Waals surface area contributed by atoms with Gasteiger partial charge in [0.1, 0.15) is 5.82 Å². The number of carbonyl (C=O) groups is 1. The maximum Gasteiger partial charge on any atom is 0.337 e. The molecule has 0 aliphatic rings. The van der Waals surface area contributed by atoms with Gasteiger partial charge in [-0.1, -0.05) is 12.1 Å². The summed E-state index contributed by atoms with van der Waals surface area (Å²) in [7, 11) is 3.30. The summed E-state index contributed by atoms with van der Waals surface area (Å²) in [6.45, 7) is 11.4. The summed E-state index contributed by atoms with van der Waals surface area (Å²) in [6.07, 6.45) is 3.38. The van der Waals surface area contributed by atoms with Crippen LogP contribution in [-0.2, 0) is 24.9 Å². The minimum atomic E-state index is -0.363. The molecule has 0 amide bonds. The van der Waals surface area contributed by atoms with Gasteiger partial charge in [-0.15, -0.1) is 0 Å². The van der Waals surface area contributed by atoms with Gasteiger partial charge in [-0.2, -0.15) is 5.10 Å². The van der Waals surface area contributed by atoms with Crippen molar-refractivity contribution in [3.63, 3.8) is 0 Å². The Kier molecular flexibility index (Phi) is 8.40. The van der Waals surface area contributed by atoms with E-state index in [2.05, 4.69) is 44.8 Å². The Labute approximate surface area is 223 Å². The molecule has 10 heteroatoms. The van der Waals surface area contributed by atoms with Gasteiger partial charge >= 0.3 is 5.97 Å². The predicted octanol–water partition coefficient (Wildman–Crippen LogP) is 4.31. The van der Waals surface area contributed by atoms with Crippen LogP contribution < -0.4 is 14.5 Å². The molecule has 0 aliphatic carbocycles. The minimum absolute atomic E-state index is 0.363. The summed E-state index contributed by atoms with van der Waals surface area (Å²) in [4.78, 5) is 30.5. The highest BCUT2D eigenvalue weighted by Crippen LogP contribution is 2.28. The standard InChI is InChI=1S/C28H35N7O3/c1-7-34(8-2)25-22(14-24-19(4)32-33(5)26(24)31-25)18-35(28-29-15-23(16-30-28)38-9-3)17-20-10-12-21(13-11-20)27(36)37-6/h10-16H,7-9,17-18H2,1-6H3. The molecular formula is C28H35N7O3. The van der Waals surface area contributed by atoms with Crippen LogP contribution in [0.25, 0.3) is 11.0 Å². The van der Waals surface area contributed by atoms with Gasteiger partial charge in [-0.25, -0.2) is 19.7 Å². The highest BCUT2D eigenvalue weighted by Gasteiger charge is 2.20. The van der Waals surface area contributed by atoms with Crippen molar-refractivity contribution in [1.82, 2.24) is 24.7 Å². The van der Waals surface area contributed by atoms with Crippen LogP contribution in [0.1, 0.15) is 48.0 Å². The zero-order valence-corrected chi connectivity index (χ0v) is 22.9. The van der Waals surface area contributed by atoms with Crippen LogP contribution in [0.3, 0.4) is 0 Å². The maximum atomic E-state index is 11.9. The molecule has 0 fully saturated rings. The number of rotatable bonds is 11. The molecule has 0 N–H and O–H groups in total. The van der Waals surface area contributed by atoms with Crippen molar-refractivity contribution >= 4 is 28.8 Å². The number of hydrogen-bond acceptors (Lipinski definition) is 9. The first-order valence-electron chi connectivity index (χ1n) is 12.8. The van der Waals surface area contributed by atoms with Crippen molar-refractivity contribution in [2.45, 2.75) is 40.8 Å². The third-order valence-corrected chi connectivity index (χ3v) is 6.44. The number of hydrogen-bond donors (Lipinski definition) is 0. The first-order valence-corrected chi connectivity index (χ1v) is 12.8. The second-order valence-corrected chi connectivity index (χ2v) is 8.92. The number of aryl methyl sites for hydroxylation is 2. The van der Waals surface area contributed by atoms with E-state index in [1.54, 1.807) is 24.5 Å². The molecule has 0 aliphatic heterocycles. The third-order valence-electron chi connectivity index (χ3n) is 6.44. The Bertz CT molecular complexity index is 1380. The lowest BCUT2D eigenvalue weighted by atomic mass is 10.1. The molecular weight excluding hydrogens is 482 g/mol. The lowest BCUT2D eigenvalue weighted by Crippen LogP contribution is -2.29. The second-order valence-electron chi connectivity index (χ2n) is 8.92. The van der Waals surface area contributed by atoms with Crippen LogP contribution in [0.2, 0.25) is 0 Å². The van der Waals surface area contributed by atoms with Gasteiger partial charge in [-0.3, -0.25) is 4.68 Å². The fraction of sp³-hybridized carbons (Fsp3) is 0.393. The molecule has 0 saturated heterocycles. The molecule has 1 aromatic carbocycles. The number of methoxy groups -OCH3 is 1. The van der Waals surface area contributed by atoms with Crippen molar-refractivity contribution in [2.75, 3.05) is 36.6 Å². The first-order chi connectivity index (χ1) is 18.4. The van der Waals surface area contributed by atoms with Crippen LogP contribution in [0.15, 0.2) is 42.7 Å². The predicted molar refractivity (Wildman–Crippen MR) is 148 cm³/mol. The van der Waals surface area contributed by atoms with E-state index < -0.39 is 0 Å². The smallest absolute Gasteiger partial charge is 0.337 e. The number of nitrogens with zero attached hydrogens (tertiary/aromatic N) is 7. The molecule has 4 rings (SSSR count). The monoisotopic (exact) mass is 517 g/mol. The van der Waals surface area contributed by atoms with Gasteiger partial charge in [0.2, 0.25) is 5.95 Å². The van der Waals surface area contributed by atoms with Crippen molar-refractivity contribution in [3.05, 3.63) is 65.1 Å². The molecule has 0 radical (unpaired) electrons. The van der Waals surface area contributed by atoms with Gasteiger partial charge in [0.25, 0.3) is 0 Å². The molecule has 0 bridgehead atoms. The molecule has 3 heterocycles. The lowest BCUT2D eigenvalue weighted by Gasteiger charge is -2.27. The summed E-state index contributed by atoms with van der Waals surface area (Å²) in [5.74, 6) is 1.75. The molecule has 38 heavy (non-hydrogen) atoms. The molecule has 3 aromatic heterocycles. The molecule has 4 aromatic rings. The fourth-order valence-electron chi connectivity index (χ4n) is 4.49. The summed E-state index contributed by atoms with van der Waals surface area (Å²) < 4.78 is 12.2. The van der Waals surface area contributed by atoms with Gasteiger partial charge in [0.05, 0.1) is 37.4 Å². The molecule has 200 valence electrons. The molecule has 0 saturated carbocycles. The molecule has 10 nitrogen and oxygen atoms in total. The average Bonchev–Trinajstić information content (AvgIpc) is 3.21. The molecule has 0 unspecified atom stereocenters.